The standard InChI is InChI=1S/C17H25N/c1-13-6-4-9-15(12-13)18-17-11-5-8-14-7-2-3-10-16(14)17/h2-3,7,10,13,15,17-18H,4-6,8-9,11-12H2,1H3. The van der Waals surface area contributed by atoms with Gasteiger partial charge in [-0.1, -0.05) is 44.0 Å². The predicted molar refractivity (Wildman–Crippen MR) is 76.7 cm³/mol. The Morgan fingerprint density at radius 2 is 1.94 bits per heavy atom. The van der Waals surface area contributed by atoms with Crippen molar-refractivity contribution in [3.05, 3.63) is 35.4 Å². The summed E-state index contributed by atoms with van der Waals surface area (Å²) in [5.41, 5.74) is 3.15. The van der Waals surface area contributed by atoms with Crippen molar-refractivity contribution < 1.29 is 0 Å². The van der Waals surface area contributed by atoms with Crippen LogP contribution in [0.15, 0.2) is 24.3 Å². The van der Waals surface area contributed by atoms with Crippen LogP contribution in [0.1, 0.15) is 62.6 Å². The van der Waals surface area contributed by atoms with Crippen molar-refractivity contribution in [3.63, 3.8) is 0 Å². The molecule has 0 spiro atoms. The molecule has 1 aromatic carbocycles. The largest absolute Gasteiger partial charge is 0.307 e. The SMILES string of the molecule is CC1CCCC(NC2CCCc3ccccc32)C1. The minimum Gasteiger partial charge on any atom is -0.307 e. The first-order valence-electron chi connectivity index (χ1n) is 7.67. The van der Waals surface area contributed by atoms with E-state index in [0.717, 1.165) is 12.0 Å². The van der Waals surface area contributed by atoms with Crippen molar-refractivity contribution in [1.82, 2.24) is 5.32 Å². The Balaban J connectivity index is 1.70. The molecule has 1 saturated carbocycles. The van der Waals surface area contributed by atoms with Gasteiger partial charge in [-0.2, -0.15) is 0 Å². The number of nitrogens with one attached hydrogen (secondary N) is 1. The molecule has 1 heteroatoms. The van der Waals surface area contributed by atoms with E-state index in [1.807, 2.05) is 0 Å². The van der Waals surface area contributed by atoms with Crippen molar-refractivity contribution in [1.29, 1.82) is 0 Å². The zero-order chi connectivity index (χ0) is 12.4. The lowest BCUT2D eigenvalue weighted by molar-refractivity contribution is 0.271. The lowest BCUT2D eigenvalue weighted by Gasteiger charge is -2.34. The van der Waals surface area contributed by atoms with Gasteiger partial charge in [0.15, 0.2) is 0 Å². The molecule has 0 radical (unpaired) electrons. The molecule has 0 aromatic heterocycles. The zero-order valence-electron chi connectivity index (χ0n) is 11.5. The zero-order valence-corrected chi connectivity index (χ0v) is 11.5. The van der Waals surface area contributed by atoms with E-state index in [1.165, 1.54) is 44.9 Å². The Morgan fingerprint density at radius 1 is 1.06 bits per heavy atom. The summed E-state index contributed by atoms with van der Waals surface area (Å²) in [6.45, 7) is 2.41. The van der Waals surface area contributed by atoms with Crippen molar-refractivity contribution in [3.8, 4) is 0 Å². The molecule has 3 unspecified atom stereocenters. The highest BCUT2D eigenvalue weighted by atomic mass is 15.0. The molecule has 1 aromatic rings. The second kappa shape index (κ2) is 5.44. The van der Waals surface area contributed by atoms with E-state index in [1.54, 1.807) is 11.1 Å². The molecule has 0 heterocycles. The fraction of sp³-hybridized carbons (Fsp3) is 0.647. The number of fused-ring (bicyclic) bond motifs is 1. The van der Waals surface area contributed by atoms with Gasteiger partial charge in [0.05, 0.1) is 0 Å². The van der Waals surface area contributed by atoms with E-state index in [9.17, 15) is 0 Å². The van der Waals surface area contributed by atoms with Gasteiger partial charge in [-0.3, -0.25) is 0 Å². The fourth-order valence-electron chi connectivity index (χ4n) is 3.80. The molecule has 18 heavy (non-hydrogen) atoms. The molecule has 3 rings (SSSR count). The van der Waals surface area contributed by atoms with Gasteiger partial charge >= 0.3 is 0 Å². The van der Waals surface area contributed by atoms with E-state index in [4.69, 9.17) is 0 Å². The highest BCUT2D eigenvalue weighted by Gasteiger charge is 2.25. The Labute approximate surface area is 111 Å². The third-order valence-corrected chi connectivity index (χ3v) is 4.74. The summed E-state index contributed by atoms with van der Waals surface area (Å²) < 4.78 is 0. The van der Waals surface area contributed by atoms with Crippen molar-refractivity contribution in [2.75, 3.05) is 0 Å². The lowest BCUT2D eigenvalue weighted by Crippen LogP contribution is -2.37. The van der Waals surface area contributed by atoms with Crippen LogP contribution in [-0.2, 0) is 6.42 Å². The predicted octanol–water partition coefficient (Wildman–Crippen LogP) is 4.23. The summed E-state index contributed by atoms with van der Waals surface area (Å²) >= 11 is 0. The normalized spacial score (nSPS) is 31.9. The lowest BCUT2D eigenvalue weighted by atomic mass is 9.83. The van der Waals surface area contributed by atoms with Gasteiger partial charge in [0, 0.05) is 12.1 Å². The molecule has 1 N–H and O–H groups in total. The van der Waals surface area contributed by atoms with Crippen LogP contribution in [-0.4, -0.2) is 6.04 Å². The van der Waals surface area contributed by atoms with Gasteiger partial charge in [0.25, 0.3) is 0 Å². The maximum absolute atomic E-state index is 3.94. The summed E-state index contributed by atoms with van der Waals surface area (Å²) in [5.74, 6) is 0.912. The number of rotatable bonds is 2. The van der Waals surface area contributed by atoms with Crippen molar-refractivity contribution >= 4 is 0 Å². The summed E-state index contributed by atoms with van der Waals surface area (Å²) in [6.07, 6.45) is 9.53. The first kappa shape index (κ1) is 12.2. The summed E-state index contributed by atoms with van der Waals surface area (Å²) in [5, 5.41) is 3.94. The minimum absolute atomic E-state index is 0.616. The second-order valence-electron chi connectivity index (χ2n) is 6.28. The van der Waals surface area contributed by atoms with Crippen LogP contribution in [0.25, 0.3) is 0 Å². The van der Waals surface area contributed by atoms with Crippen LogP contribution in [0.4, 0.5) is 0 Å². The molecular weight excluding hydrogens is 218 g/mol. The maximum atomic E-state index is 3.94. The van der Waals surface area contributed by atoms with E-state index < -0.39 is 0 Å². The second-order valence-corrected chi connectivity index (χ2v) is 6.28. The topological polar surface area (TPSA) is 12.0 Å². The highest BCUT2D eigenvalue weighted by Crippen LogP contribution is 2.32. The Kier molecular flexibility index (Phi) is 3.69. The molecule has 0 aliphatic heterocycles. The molecule has 98 valence electrons. The molecule has 2 aliphatic carbocycles. The van der Waals surface area contributed by atoms with Gasteiger partial charge in [0.1, 0.15) is 0 Å². The first-order chi connectivity index (χ1) is 8.83. The van der Waals surface area contributed by atoms with E-state index in [-0.39, 0.29) is 0 Å². The van der Waals surface area contributed by atoms with Crippen LogP contribution >= 0.6 is 0 Å². The maximum Gasteiger partial charge on any atom is 0.0325 e. The third-order valence-electron chi connectivity index (χ3n) is 4.74. The summed E-state index contributed by atoms with van der Waals surface area (Å²) in [4.78, 5) is 0. The average Bonchev–Trinajstić information content (AvgIpc) is 2.39. The van der Waals surface area contributed by atoms with Gasteiger partial charge in [0.2, 0.25) is 0 Å². The van der Waals surface area contributed by atoms with Crippen molar-refractivity contribution in [2.45, 2.75) is 64.0 Å². The third kappa shape index (κ3) is 2.61. The minimum atomic E-state index is 0.616. The van der Waals surface area contributed by atoms with Crippen LogP contribution in [0, 0.1) is 5.92 Å². The average molecular weight is 243 g/mol. The number of aryl methyl sites for hydroxylation is 1. The molecule has 0 bridgehead atoms. The summed E-state index contributed by atoms with van der Waals surface area (Å²) in [7, 11) is 0. The molecule has 1 fully saturated rings. The van der Waals surface area contributed by atoms with Gasteiger partial charge < -0.3 is 5.32 Å². The molecule has 0 saturated heterocycles. The van der Waals surface area contributed by atoms with Gasteiger partial charge in [-0.25, -0.2) is 0 Å². The van der Waals surface area contributed by atoms with Crippen LogP contribution < -0.4 is 5.32 Å². The highest BCUT2D eigenvalue weighted by molar-refractivity contribution is 5.32. The summed E-state index contributed by atoms with van der Waals surface area (Å²) in [6, 6.07) is 10.4. The number of benzene rings is 1. The van der Waals surface area contributed by atoms with Crippen LogP contribution in [0.5, 0.6) is 0 Å². The quantitative estimate of drug-likeness (QED) is 0.819. The molecule has 1 nitrogen and oxygen atoms in total. The molecule has 2 aliphatic rings. The van der Waals surface area contributed by atoms with Crippen LogP contribution in [0.2, 0.25) is 0 Å². The molecule has 3 atom stereocenters. The van der Waals surface area contributed by atoms with Crippen molar-refractivity contribution in [2.24, 2.45) is 5.92 Å². The smallest absolute Gasteiger partial charge is 0.0325 e. The Bertz CT molecular complexity index is 398. The van der Waals surface area contributed by atoms with Gasteiger partial charge in [-0.05, 0) is 49.1 Å². The number of hydrogen-bond donors (Lipinski definition) is 1. The van der Waals surface area contributed by atoms with E-state index >= 15 is 0 Å². The van der Waals surface area contributed by atoms with Gasteiger partial charge in [-0.15, -0.1) is 0 Å². The van der Waals surface area contributed by atoms with Crippen LogP contribution in [0.3, 0.4) is 0 Å². The Hall–Kier alpha value is -0.820. The molecule has 0 amide bonds. The van der Waals surface area contributed by atoms with E-state index in [2.05, 4.69) is 36.5 Å². The number of hydrogen-bond acceptors (Lipinski definition) is 1. The first-order valence-corrected chi connectivity index (χ1v) is 7.67. The van der Waals surface area contributed by atoms with E-state index in [0.29, 0.717) is 6.04 Å². The fourth-order valence-corrected chi connectivity index (χ4v) is 3.80. The monoisotopic (exact) mass is 243 g/mol. The Morgan fingerprint density at radius 3 is 2.83 bits per heavy atom. The molecular formula is C17H25N.